The molecule has 6 heteroatoms. The number of nitrogens with one attached hydrogen (secondary N) is 1. The highest BCUT2D eigenvalue weighted by atomic mass is 16.4. The first-order chi connectivity index (χ1) is 9.76. The summed E-state index contributed by atoms with van der Waals surface area (Å²) in [6.07, 6.45) is 1.11. The molecular weight excluding hydrogens is 272 g/mol. The van der Waals surface area contributed by atoms with Crippen molar-refractivity contribution in [3.63, 3.8) is 0 Å². The number of carbonyl (C=O) groups excluding carboxylic acids is 2. The second kappa shape index (κ2) is 7.43. The maximum absolute atomic E-state index is 12.5. The molecule has 2 amide bonds. The molecule has 1 rings (SSSR count). The lowest BCUT2D eigenvalue weighted by Gasteiger charge is -2.26. The third kappa shape index (κ3) is 4.72. The van der Waals surface area contributed by atoms with Gasteiger partial charge in [-0.2, -0.15) is 0 Å². The fraction of sp³-hybridized carbons (Fsp3) is 0.800. The lowest BCUT2D eigenvalue weighted by molar-refractivity contribution is -0.149. The van der Waals surface area contributed by atoms with Crippen LogP contribution in [0.2, 0.25) is 0 Å². The van der Waals surface area contributed by atoms with Gasteiger partial charge in [-0.3, -0.25) is 14.4 Å². The van der Waals surface area contributed by atoms with Gasteiger partial charge in [0.15, 0.2) is 0 Å². The summed E-state index contributed by atoms with van der Waals surface area (Å²) in [5.41, 5.74) is 0. The number of carbonyl (C=O) groups is 3. The zero-order valence-electron chi connectivity index (χ0n) is 13.3. The van der Waals surface area contributed by atoms with Crippen LogP contribution in [0.5, 0.6) is 0 Å². The van der Waals surface area contributed by atoms with Crippen molar-refractivity contribution < 1.29 is 19.5 Å². The van der Waals surface area contributed by atoms with Gasteiger partial charge in [0.25, 0.3) is 0 Å². The number of amides is 2. The summed E-state index contributed by atoms with van der Waals surface area (Å²) in [6, 6.07) is 0.0181. The molecule has 0 saturated heterocycles. The molecule has 0 aromatic carbocycles. The normalized spacial score (nSPS) is 24.9. The van der Waals surface area contributed by atoms with Crippen molar-refractivity contribution in [2.75, 3.05) is 13.1 Å². The van der Waals surface area contributed by atoms with Gasteiger partial charge in [-0.25, -0.2) is 0 Å². The predicted octanol–water partition coefficient (Wildman–Crippen LogP) is 1.11. The Morgan fingerprint density at radius 1 is 1.24 bits per heavy atom. The second-order valence-electron chi connectivity index (χ2n) is 6.20. The van der Waals surface area contributed by atoms with Gasteiger partial charge >= 0.3 is 5.97 Å². The minimum absolute atomic E-state index is 0.00919. The second-order valence-corrected chi connectivity index (χ2v) is 6.20. The molecule has 3 unspecified atom stereocenters. The Kier molecular flexibility index (Phi) is 6.18. The third-order valence-electron chi connectivity index (χ3n) is 3.91. The van der Waals surface area contributed by atoms with E-state index in [2.05, 4.69) is 5.32 Å². The van der Waals surface area contributed by atoms with Crippen molar-refractivity contribution in [3.8, 4) is 0 Å². The number of carboxylic acids is 1. The SMILES string of the molecule is CCN(CC(=O)NC(C)C)C(=O)C1CC(C)CC1C(=O)O. The molecule has 0 heterocycles. The maximum atomic E-state index is 12.5. The molecule has 2 N–H and O–H groups in total. The number of nitrogens with zero attached hydrogens (tertiary/aromatic N) is 1. The first-order valence-electron chi connectivity index (χ1n) is 7.57. The van der Waals surface area contributed by atoms with Crippen molar-refractivity contribution in [2.24, 2.45) is 17.8 Å². The van der Waals surface area contributed by atoms with Crippen molar-refractivity contribution in [3.05, 3.63) is 0 Å². The van der Waals surface area contributed by atoms with Crippen LogP contribution in [0, 0.1) is 17.8 Å². The third-order valence-corrected chi connectivity index (χ3v) is 3.91. The van der Waals surface area contributed by atoms with E-state index in [1.807, 2.05) is 20.8 Å². The molecule has 1 aliphatic carbocycles. The quantitative estimate of drug-likeness (QED) is 0.769. The number of aliphatic carboxylic acids is 1. The summed E-state index contributed by atoms with van der Waals surface area (Å²) in [4.78, 5) is 37.1. The predicted molar refractivity (Wildman–Crippen MR) is 78.5 cm³/mol. The Bertz CT molecular complexity index is 408. The van der Waals surface area contributed by atoms with Crippen LogP contribution in [0.15, 0.2) is 0 Å². The summed E-state index contributed by atoms with van der Waals surface area (Å²) in [5, 5.41) is 12.0. The Labute approximate surface area is 125 Å². The van der Waals surface area contributed by atoms with E-state index >= 15 is 0 Å². The first-order valence-corrected chi connectivity index (χ1v) is 7.57. The first kappa shape index (κ1) is 17.5. The highest BCUT2D eigenvalue weighted by Crippen LogP contribution is 2.37. The van der Waals surface area contributed by atoms with Gasteiger partial charge in [-0.1, -0.05) is 6.92 Å². The van der Waals surface area contributed by atoms with Crippen LogP contribution in [0.25, 0.3) is 0 Å². The standard InChI is InChI=1S/C15H26N2O4/c1-5-17(8-13(18)16-9(2)3)14(19)11-6-10(4)7-12(11)15(20)21/h9-12H,5-8H2,1-4H3,(H,16,18)(H,20,21). The van der Waals surface area contributed by atoms with E-state index in [1.165, 1.54) is 4.90 Å². The highest BCUT2D eigenvalue weighted by molar-refractivity contribution is 5.89. The van der Waals surface area contributed by atoms with Gasteiger partial charge in [-0.15, -0.1) is 0 Å². The monoisotopic (exact) mass is 298 g/mol. The lowest BCUT2D eigenvalue weighted by atomic mass is 9.94. The number of rotatable bonds is 6. The van der Waals surface area contributed by atoms with E-state index in [4.69, 9.17) is 0 Å². The zero-order valence-corrected chi connectivity index (χ0v) is 13.3. The molecule has 1 saturated carbocycles. The van der Waals surface area contributed by atoms with E-state index in [0.29, 0.717) is 19.4 Å². The van der Waals surface area contributed by atoms with Crippen LogP contribution in [-0.4, -0.2) is 46.9 Å². The minimum atomic E-state index is -0.916. The lowest BCUT2D eigenvalue weighted by Crippen LogP contribution is -2.45. The molecule has 21 heavy (non-hydrogen) atoms. The van der Waals surface area contributed by atoms with E-state index in [9.17, 15) is 19.5 Å². The van der Waals surface area contributed by atoms with Crippen molar-refractivity contribution in [1.82, 2.24) is 10.2 Å². The zero-order chi connectivity index (χ0) is 16.2. The summed E-state index contributed by atoms with van der Waals surface area (Å²) in [6.45, 7) is 7.87. The van der Waals surface area contributed by atoms with E-state index < -0.39 is 17.8 Å². The van der Waals surface area contributed by atoms with E-state index in [-0.39, 0.29) is 30.3 Å². The largest absolute Gasteiger partial charge is 0.481 e. The molecule has 0 aromatic heterocycles. The molecule has 0 aromatic rings. The average molecular weight is 298 g/mol. The van der Waals surface area contributed by atoms with E-state index in [0.717, 1.165) is 0 Å². The smallest absolute Gasteiger partial charge is 0.307 e. The Hall–Kier alpha value is -1.59. The van der Waals surface area contributed by atoms with Crippen molar-refractivity contribution in [2.45, 2.75) is 46.6 Å². The van der Waals surface area contributed by atoms with Crippen molar-refractivity contribution >= 4 is 17.8 Å². The van der Waals surface area contributed by atoms with Crippen LogP contribution >= 0.6 is 0 Å². The molecule has 1 aliphatic rings. The van der Waals surface area contributed by atoms with Gasteiger partial charge in [-0.05, 0) is 39.5 Å². The Balaban J connectivity index is 2.73. The summed E-state index contributed by atoms with van der Waals surface area (Å²) < 4.78 is 0. The number of hydrogen-bond donors (Lipinski definition) is 2. The molecule has 0 radical (unpaired) electrons. The summed E-state index contributed by atoms with van der Waals surface area (Å²) in [7, 11) is 0. The molecule has 1 fully saturated rings. The fourth-order valence-corrected chi connectivity index (χ4v) is 2.96. The van der Waals surface area contributed by atoms with Crippen LogP contribution in [0.3, 0.4) is 0 Å². The van der Waals surface area contributed by atoms with Crippen LogP contribution in [0.4, 0.5) is 0 Å². The van der Waals surface area contributed by atoms with Gasteiger partial charge in [0.05, 0.1) is 18.4 Å². The van der Waals surface area contributed by atoms with E-state index in [1.54, 1.807) is 6.92 Å². The summed E-state index contributed by atoms with van der Waals surface area (Å²) >= 11 is 0. The Morgan fingerprint density at radius 3 is 2.29 bits per heavy atom. The minimum Gasteiger partial charge on any atom is -0.481 e. The van der Waals surface area contributed by atoms with Gasteiger partial charge in [0.1, 0.15) is 0 Å². The molecule has 0 aliphatic heterocycles. The van der Waals surface area contributed by atoms with Crippen molar-refractivity contribution in [1.29, 1.82) is 0 Å². The van der Waals surface area contributed by atoms with Gasteiger partial charge < -0.3 is 15.3 Å². The molecule has 3 atom stereocenters. The van der Waals surface area contributed by atoms with Gasteiger partial charge in [0.2, 0.25) is 11.8 Å². The molecule has 120 valence electrons. The highest BCUT2D eigenvalue weighted by Gasteiger charge is 2.42. The maximum Gasteiger partial charge on any atom is 0.307 e. The number of hydrogen-bond acceptors (Lipinski definition) is 3. The van der Waals surface area contributed by atoms with Crippen LogP contribution in [-0.2, 0) is 14.4 Å². The summed E-state index contributed by atoms with van der Waals surface area (Å²) in [5.74, 6) is -2.26. The average Bonchev–Trinajstić information content (AvgIpc) is 2.76. The Morgan fingerprint density at radius 2 is 1.81 bits per heavy atom. The molecular formula is C15H26N2O4. The molecule has 6 nitrogen and oxygen atoms in total. The molecule has 0 bridgehead atoms. The topological polar surface area (TPSA) is 86.7 Å². The van der Waals surface area contributed by atoms with Crippen LogP contribution in [0.1, 0.15) is 40.5 Å². The van der Waals surface area contributed by atoms with Crippen LogP contribution < -0.4 is 5.32 Å². The number of carboxylic acid groups (broad SMARTS) is 1. The molecule has 0 spiro atoms. The number of likely N-dealkylation sites (N-methyl/N-ethyl adjacent to an activating group) is 1. The fourth-order valence-electron chi connectivity index (χ4n) is 2.96. The van der Waals surface area contributed by atoms with Gasteiger partial charge in [0, 0.05) is 12.6 Å².